The first-order valence-electron chi connectivity index (χ1n) is 8.54. The normalized spacial score (nSPS) is 18.1. The van der Waals surface area contributed by atoms with Gasteiger partial charge in [0.25, 0.3) is 11.8 Å². The van der Waals surface area contributed by atoms with Crippen molar-refractivity contribution in [3.8, 4) is 0 Å². The van der Waals surface area contributed by atoms with Crippen LogP contribution < -0.4 is 4.90 Å². The van der Waals surface area contributed by atoms with Crippen molar-refractivity contribution in [3.05, 3.63) is 65.2 Å². The van der Waals surface area contributed by atoms with Crippen LogP contribution in [0.5, 0.6) is 0 Å². The molecule has 0 N–H and O–H groups in total. The first kappa shape index (κ1) is 15.1. The number of anilines is 1. The maximum atomic E-state index is 12.7. The largest absolute Gasteiger partial charge is 0.299 e. The van der Waals surface area contributed by atoms with Crippen LogP contribution in [0.15, 0.2) is 48.5 Å². The second-order valence-corrected chi connectivity index (χ2v) is 6.46. The smallest absolute Gasteiger partial charge is 0.266 e. The molecule has 0 aliphatic carbocycles. The molecule has 2 aliphatic rings. The molecular formula is C20H20N2O2. The number of hydrogen-bond donors (Lipinski definition) is 0. The molecule has 0 atom stereocenters. The highest BCUT2D eigenvalue weighted by Gasteiger charge is 2.37. The molecule has 0 unspecified atom stereocenters. The molecule has 2 amide bonds. The molecule has 0 aromatic heterocycles. The van der Waals surface area contributed by atoms with E-state index in [1.807, 2.05) is 24.3 Å². The van der Waals surface area contributed by atoms with Crippen molar-refractivity contribution in [1.82, 2.24) is 4.90 Å². The van der Waals surface area contributed by atoms with E-state index in [0.29, 0.717) is 16.8 Å². The zero-order chi connectivity index (χ0) is 16.5. The number of imide groups is 1. The Morgan fingerprint density at radius 2 is 1.33 bits per heavy atom. The van der Waals surface area contributed by atoms with Crippen LogP contribution in [-0.4, -0.2) is 29.8 Å². The summed E-state index contributed by atoms with van der Waals surface area (Å²) in [6.45, 7) is 2.94. The molecule has 4 heteroatoms. The van der Waals surface area contributed by atoms with E-state index in [-0.39, 0.29) is 11.8 Å². The monoisotopic (exact) mass is 320 g/mol. The molecular weight excluding hydrogens is 300 g/mol. The second kappa shape index (κ2) is 6.21. The topological polar surface area (TPSA) is 40.6 Å². The van der Waals surface area contributed by atoms with Crippen LogP contribution in [0.25, 0.3) is 0 Å². The van der Waals surface area contributed by atoms with E-state index in [9.17, 15) is 9.59 Å². The Balaban J connectivity index is 1.68. The van der Waals surface area contributed by atoms with Crippen molar-refractivity contribution in [3.63, 3.8) is 0 Å². The van der Waals surface area contributed by atoms with E-state index < -0.39 is 0 Å². The summed E-state index contributed by atoms with van der Waals surface area (Å²) in [5.74, 6) is -0.441. The lowest BCUT2D eigenvalue weighted by molar-refractivity contribution is 0.0925. The summed E-state index contributed by atoms with van der Waals surface area (Å²) in [7, 11) is 0. The predicted octanol–water partition coefficient (Wildman–Crippen LogP) is 3.47. The van der Waals surface area contributed by atoms with Gasteiger partial charge in [0, 0.05) is 6.54 Å². The second-order valence-electron chi connectivity index (χ2n) is 6.46. The number of nitrogens with zero attached hydrogens (tertiary/aromatic N) is 2. The van der Waals surface area contributed by atoms with Crippen LogP contribution in [-0.2, 0) is 6.54 Å². The molecule has 0 radical (unpaired) electrons. The summed E-state index contributed by atoms with van der Waals surface area (Å²) in [6, 6.07) is 14.8. The first-order chi connectivity index (χ1) is 11.8. The minimum atomic E-state index is -0.221. The van der Waals surface area contributed by atoms with Crippen molar-refractivity contribution >= 4 is 17.5 Å². The summed E-state index contributed by atoms with van der Waals surface area (Å²) >= 11 is 0. The molecule has 1 saturated heterocycles. The third-order valence-electron chi connectivity index (χ3n) is 4.87. The number of amides is 2. The van der Waals surface area contributed by atoms with Crippen LogP contribution in [0.4, 0.5) is 5.69 Å². The third-order valence-corrected chi connectivity index (χ3v) is 4.87. The van der Waals surface area contributed by atoms with Crippen LogP contribution in [0.3, 0.4) is 0 Å². The van der Waals surface area contributed by atoms with Crippen molar-refractivity contribution in [2.75, 3.05) is 18.0 Å². The molecule has 0 saturated carbocycles. The number of para-hydroxylation sites is 1. The van der Waals surface area contributed by atoms with Crippen LogP contribution in [0.1, 0.15) is 45.5 Å². The van der Waals surface area contributed by atoms with E-state index in [1.54, 1.807) is 24.3 Å². The lowest BCUT2D eigenvalue weighted by atomic mass is 10.1. The average Bonchev–Trinajstić information content (AvgIpc) is 2.88. The maximum Gasteiger partial charge on any atom is 0.266 e. The van der Waals surface area contributed by atoms with Gasteiger partial charge in [0.05, 0.1) is 16.8 Å². The Labute approximate surface area is 141 Å². The molecule has 0 spiro atoms. The highest BCUT2D eigenvalue weighted by atomic mass is 16.2. The van der Waals surface area contributed by atoms with Gasteiger partial charge in [-0.15, -0.1) is 0 Å². The number of likely N-dealkylation sites (tertiary alicyclic amines) is 1. The number of rotatable bonds is 3. The summed E-state index contributed by atoms with van der Waals surface area (Å²) in [5, 5.41) is 0. The standard InChI is InChI=1S/C20H20N2O2/c23-19-16-9-3-4-10-17(16)20(24)22(19)18-11-5-2-8-15(18)14-21-12-6-1-7-13-21/h2-5,8-11H,1,6-7,12-14H2. The fraction of sp³-hybridized carbons (Fsp3) is 0.300. The van der Waals surface area contributed by atoms with Gasteiger partial charge >= 0.3 is 0 Å². The van der Waals surface area contributed by atoms with Gasteiger partial charge in [-0.2, -0.15) is 0 Å². The van der Waals surface area contributed by atoms with Gasteiger partial charge in [0.1, 0.15) is 0 Å². The predicted molar refractivity (Wildman–Crippen MR) is 93.2 cm³/mol. The molecule has 24 heavy (non-hydrogen) atoms. The van der Waals surface area contributed by atoms with Crippen LogP contribution >= 0.6 is 0 Å². The molecule has 2 aliphatic heterocycles. The fourth-order valence-corrected chi connectivity index (χ4v) is 3.63. The number of fused-ring (bicyclic) bond motifs is 1. The molecule has 4 rings (SSSR count). The Kier molecular flexibility index (Phi) is 3.90. The average molecular weight is 320 g/mol. The van der Waals surface area contributed by atoms with Gasteiger partial charge < -0.3 is 0 Å². The number of benzene rings is 2. The zero-order valence-electron chi connectivity index (χ0n) is 13.6. The number of carbonyl (C=O) groups excluding carboxylic acids is 2. The number of carbonyl (C=O) groups is 2. The van der Waals surface area contributed by atoms with Gasteiger partial charge in [0.2, 0.25) is 0 Å². The highest BCUT2D eigenvalue weighted by molar-refractivity contribution is 6.34. The highest BCUT2D eigenvalue weighted by Crippen LogP contribution is 2.31. The Bertz CT molecular complexity index is 759. The third kappa shape index (κ3) is 2.53. The van der Waals surface area contributed by atoms with Crippen LogP contribution in [0, 0.1) is 0 Å². The first-order valence-corrected chi connectivity index (χ1v) is 8.54. The lowest BCUT2D eigenvalue weighted by Crippen LogP contribution is -2.33. The Hall–Kier alpha value is -2.46. The van der Waals surface area contributed by atoms with Gasteiger partial charge in [-0.25, -0.2) is 4.90 Å². The lowest BCUT2D eigenvalue weighted by Gasteiger charge is -2.28. The number of piperidine rings is 1. The summed E-state index contributed by atoms with van der Waals surface area (Å²) in [4.78, 5) is 29.2. The van der Waals surface area contributed by atoms with E-state index in [2.05, 4.69) is 4.90 Å². The van der Waals surface area contributed by atoms with Crippen molar-refractivity contribution in [2.45, 2.75) is 25.8 Å². The van der Waals surface area contributed by atoms with E-state index >= 15 is 0 Å². The van der Waals surface area contributed by atoms with Crippen molar-refractivity contribution in [2.24, 2.45) is 0 Å². The number of hydrogen-bond acceptors (Lipinski definition) is 3. The van der Waals surface area contributed by atoms with Gasteiger partial charge in [-0.3, -0.25) is 14.5 Å². The molecule has 122 valence electrons. The van der Waals surface area contributed by atoms with Crippen molar-refractivity contribution in [1.29, 1.82) is 0 Å². The molecule has 1 fully saturated rings. The summed E-state index contributed by atoms with van der Waals surface area (Å²) in [5.41, 5.74) is 2.74. The van der Waals surface area contributed by atoms with Gasteiger partial charge in [-0.05, 0) is 49.7 Å². The molecule has 4 nitrogen and oxygen atoms in total. The minimum Gasteiger partial charge on any atom is -0.299 e. The summed E-state index contributed by atoms with van der Waals surface area (Å²) in [6.07, 6.45) is 3.72. The van der Waals surface area contributed by atoms with Crippen molar-refractivity contribution < 1.29 is 9.59 Å². The van der Waals surface area contributed by atoms with E-state index in [4.69, 9.17) is 0 Å². The molecule has 2 heterocycles. The Morgan fingerprint density at radius 3 is 2.00 bits per heavy atom. The minimum absolute atomic E-state index is 0.221. The van der Waals surface area contributed by atoms with E-state index in [1.165, 1.54) is 24.2 Å². The molecule has 2 aromatic carbocycles. The zero-order valence-corrected chi connectivity index (χ0v) is 13.6. The van der Waals surface area contributed by atoms with Crippen LogP contribution in [0.2, 0.25) is 0 Å². The molecule has 0 bridgehead atoms. The van der Waals surface area contributed by atoms with Gasteiger partial charge in [-0.1, -0.05) is 36.8 Å². The molecule has 2 aromatic rings. The van der Waals surface area contributed by atoms with Gasteiger partial charge in [0.15, 0.2) is 0 Å². The summed E-state index contributed by atoms with van der Waals surface area (Å²) < 4.78 is 0. The Morgan fingerprint density at radius 1 is 0.750 bits per heavy atom. The fourth-order valence-electron chi connectivity index (χ4n) is 3.63. The SMILES string of the molecule is O=C1c2ccccc2C(=O)N1c1ccccc1CN1CCCCC1. The maximum absolute atomic E-state index is 12.7. The quantitative estimate of drug-likeness (QED) is 0.813. The van der Waals surface area contributed by atoms with E-state index in [0.717, 1.165) is 25.2 Å².